The summed E-state index contributed by atoms with van der Waals surface area (Å²) < 4.78 is 0. The number of hydrogen-bond donors (Lipinski definition) is 0. The summed E-state index contributed by atoms with van der Waals surface area (Å²) in [5, 5.41) is 0. The smallest absolute Gasteiger partial charge is 0 e. The second kappa shape index (κ2) is 13.5. The van der Waals surface area contributed by atoms with Crippen molar-refractivity contribution in [3.63, 3.8) is 0 Å². The Labute approximate surface area is 101 Å². The normalized spacial score (nSPS) is 8.00. The summed E-state index contributed by atoms with van der Waals surface area (Å²) in [4.78, 5) is 0. The van der Waals surface area contributed by atoms with E-state index in [0.717, 1.165) is 5.92 Å². The molecule has 0 N–H and O–H groups in total. The molecule has 3 unspecified atom stereocenters. The monoisotopic (exact) mass is 306 g/mol. The van der Waals surface area contributed by atoms with Gasteiger partial charge in [-0.2, -0.15) is 0 Å². The van der Waals surface area contributed by atoms with Crippen LogP contribution in [0.15, 0.2) is 0 Å². The topological polar surface area (TPSA) is 0 Å². The average Bonchev–Trinajstić information content (AvgIpc) is 1.72. The van der Waals surface area contributed by atoms with Crippen molar-refractivity contribution in [1.29, 1.82) is 0 Å². The van der Waals surface area contributed by atoms with Gasteiger partial charge in [0.25, 0.3) is 0 Å². The Morgan fingerprint density at radius 2 is 1.11 bits per heavy atom. The fourth-order valence-electron chi connectivity index (χ4n) is 0.289. The van der Waals surface area contributed by atoms with Crippen LogP contribution in [-0.2, 0) is 49.8 Å². The Hall–Kier alpha value is 2.91. The van der Waals surface area contributed by atoms with Crippen molar-refractivity contribution in [2.24, 2.45) is 5.92 Å². The third-order valence-electron chi connectivity index (χ3n) is 1.00. The molecule has 0 aliphatic heterocycles. The molecule has 2 radical (unpaired) electrons. The average molecular weight is 307 g/mol. The molecular formula is C4H13CuP3Y. The molecule has 0 rings (SSSR count). The summed E-state index contributed by atoms with van der Waals surface area (Å²) in [5.41, 5.74) is 0. The van der Waals surface area contributed by atoms with Crippen LogP contribution < -0.4 is 0 Å². The third-order valence-corrected chi connectivity index (χ3v) is 3.00. The van der Waals surface area contributed by atoms with Gasteiger partial charge < -0.3 is 0 Å². The largest absolute Gasteiger partial charge is 0.137 e. The number of rotatable bonds is 3. The molecule has 0 aromatic carbocycles. The molecule has 0 spiro atoms. The molecule has 0 nitrogen and oxygen atoms in total. The van der Waals surface area contributed by atoms with Crippen LogP contribution in [0.3, 0.4) is 0 Å². The van der Waals surface area contributed by atoms with Crippen molar-refractivity contribution < 1.29 is 49.8 Å². The van der Waals surface area contributed by atoms with Crippen LogP contribution in [-0.4, -0.2) is 18.5 Å². The Morgan fingerprint density at radius 3 is 1.11 bits per heavy atom. The molecule has 0 aromatic heterocycles. The Balaban J connectivity index is -0.000000180. The van der Waals surface area contributed by atoms with Gasteiger partial charge in [-0.3, -0.25) is 0 Å². The van der Waals surface area contributed by atoms with Gasteiger partial charge in [0, 0.05) is 49.8 Å². The first kappa shape index (κ1) is 17.9. The van der Waals surface area contributed by atoms with Crippen molar-refractivity contribution in [3.05, 3.63) is 0 Å². The van der Waals surface area contributed by atoms with Crippen LogP contribution in [0.25, 0.3) is 0 Å². The van der Waals surface area contributed by atoms with E-state index in [0.29, 0.717) is 0 Å². The molecule has 0 amide bonds. The zero-order chi connectivity index (χ0) is 5.70. The second-order valence-electron chi connectivity index (χ2n) is 1.57. The minimum absolute atomic E-state index is 0. The third kappa shape index (κ3) is 10.9. The molecule has 0 bridgehead atoms. The maximum absolute atomic E-state index is 2.76. The SMILES string of the molecule is PCC(CP)CP.[Cu].[Y]. The van der Waals surface area contributed by atoms with E-state index < -0.39 is 0 Å². The van der Waals surface area contributed by atoms with E-state index in [1.54, 1.807) is 0 Å². The van der Waals surface area contributed by atoms with E-state index in [9.17, 15) is 0 Å². The first-order chi connectivity index (χ1) is 3.35. The van der Waals surface area contributed by atoms with Crippen LogP contribution >= 0.6 is 27.7 Å². The zero-order valence-electron chi connectivity index (χ0n) is 5.31. The van der Waals surface area contributed by atoms with Gasteiger partial charge in [-0.15, -0.1) is 27.7 Å². The van der Waals surface area contributed by atoms with Crippen molar-refractivity contribution in [3.8, 4) is 0 Å². The molecule has 9 heavy (non-hydrogen) atoms. The molecule has 0 aliphatic rings. The van der Waals surface area contributed by atoms with Gasteiger partial charge in [-0.1, -0.05) is 0 Å². The quantitative estimate of drug-likeness (QED) is 0.543. The molecule has 0 saturated carbocycles. The predicted molar refractivity (Wildman–Crippen MR) is 47.2 cm³/mol. The first-order valence-electron chi connectivity index (χ1n) is 2.45. The van der Waals surface area contributed by atoms with E-state index in [1.807, 2.05) is 0 Å². The van der Waals surface area contributed by atoms with Crippen molar-refractivity contribution >= 4 is 27.7 Å². The van der Waals surface area contributed by atoms with Gasteiger partial charge in [0.15, 0.2) is 0 Å². The summed E-state index contributed by atoms with van der Waals surface area (Å²) in [6.45, 7) is 0. The summed E-state index contributed by atoms with van der Waals surface area (Å²) >= 11 is 0. The standard InChI is InChI=1S/C4H13P3.Cu.Y/c5-1-4(2-6)3-7;;/h4H,1-3,5-7H2;;. The molecule has 58 valence electrons. The Morgan fingerprint density at radius 1 is 0.889 bits per heavy atom. The summed E-state index contributed by atoms with van der Waals surface area (Å²) in [6.07, 6.45) is 3.69. The molecule has 0 fully saturated rings. The van der Waals surface area contributed by atoms with Gasteiger partial charge in [0.2, 0.25) is 0 Å². The first-order valence-corrected chi connectivity index (χ1v) is 4.90. The van der Waals surface area contributed by atoms with Crippen molar-refractivity contribution in [1.82, 2.24) is 0 Å². The summed E-state index contributed by atoms with van der Waals surface area (Å²) in [6, 6.07) is 0. The Bertz CT molecular complexity index is 37.3. The van der Waals surface area contributed by atoms with E-state index in [4.69, 9.17) is 0 Å². The minimum atomic E-state index is 0. The van der Waals surface area contributed by atoms with Gasteiger partial charge >= 0.3 is 0 Å². The van der Waals surface area contributed by atoms with Crippen LogP contribution in [0.5, 0.6) is 0 Å². The molecule has 3 atom stereocenters. The molecular weight excluding hydrogens is 293 g/mol. The molecule has 0 aliphatic carbocycles. The van der Waals surface area contributed by atoms with Crippen molar-refractivity contribution in [2.45, 2.75) is 0 Å². The summed E-state index contributed by atoms with van der Waals surface area (Å²) in [7, 11) is 8.27. The molecule has 0 heterocycles. The van der Waals surface area contributed by atoms with E-state index >= 15 is 0 Å². The van der Waals surface area contributed by atoms with Crippen LogP contribution in [0.2, 0.25) is 0 Å². The van der Waals surface area contributed by atoms with Crippen LogP contribution in [0.1, 0.15) is 0 Å². The maximum atomic E-state index is 2.76. The number of hydrogen-bond acceptors (Lipinski definition) is 0. The van der Waals surface area contributed by atoms with Gasteiger partial charge in [-0.25, -0.2) is 0 Å². The molecule has 5 heteroatoms. The maximum Gasteiger partial charge on any atom is 0 e. The Kier molecular flexibility index (Phi) is 26.8. The molecule has 0 saturated heterocycles. The van der Waals surface area contributed by atoms with E-state index in [2.05, 4.69) is 27.7 Å². The van der Waals surface area contributed by atoms with Gasteiger partial charge in [-0.05, 0) is 24.4 Å². The fourth-order valence-corrected chi connectivity index (χ4v) is 2.60. The van der Waals surface area contributed by atoms with E-state index in [1.165, 1.54) is 18.5 Å². The summed E-state index contributed by atoms with van der Waals surface area (Å²) in [5.74, 6) is 0.875. The van der Waals surface area contributed by atoms with E-state index in [-0.39, 0.29) is 49.8 Å². The molecule has 0 aromatic rings. The van der Waals surface area contributed by atoms with Crippen LogP contribution in [0.4, 0.5) is 0 Å². The fraction of sp³-hybridized carbons (Fsp3) is 1.00. The van der Waals surface area contributed by atoms with Gasteiger partial charge in [0.1, 0.15) is 0 Å². The predicted octanol–water partition coefficient (Wildman–Crippen LogP) is 1.22. The van der Waals surface area contributed by atoms with Crippen LogP contribution in [0, 0.1) is 5.92 Å². The van der Waals surface area contributed by atoms with Crippen molar-refractivity contribution in [2.75, 3.05) is 18.5 Å². The minimum Gasteiger partial charge on any atom is -0.137 e. The second-order valence-corrected chi connectivity index (χ2v) is 2.99. The van der Waals surface area contributed by atoms with Gasteiger partial charge in [0.05, 0.1) is 0 Å². The zero-order valence-corrected chi connectivity index (χ0v) is 12.6.